The molecule has 0 saturated heterocycles. The zero-order valence-electron chi connectivity index (χ0n) is 19.6. The number of halogens is 1. The summed E-state index contributed by atoms with van der Waals surface area (Å²) in [5.41, 5.74) is 6.88. The summed E-state index contributed by atoms with van der Waals surface area (Å²) < 4.78 is 0. The van der Waals surface area contributed by atoms with E-state index in [0.717, 1.165) is 35.2 Å². The summed E-state index contributed by atoms with van der Waals surface area (Å²) in [6.45, 7) is 13.6. The lowest BCUT2D eigenvalue weighted by Gasteiger charge is -2.43. The Morgan fingerprint density at radius 3 is 2.56 bits per heavy atom. The van der Waals surface area contributed by atoms with Crippen LogP contribution >= 0.6 is 11.6 Å². The molecule has 0 bridgehead atoms. The lowest BCUT2D eigenvalue weighted by molar-refractivity contribution is -0.112. The highest BCUT2D eigenvalue weighted by molar-refractivity contribution is 6.31. The van der Waals surface area contributed by atoms with Gasteiger partial charge in [0.05, 0.1) is 5.54 Å². The fourth-order valence-corrected chi connectivity index (χ4v) is 4.43. The van der Waals surface area contributed by atoms with Crippen LogP contribution in [-0.4, -0.2) is 18.0 Å². The fourth-order valence-electron chi connectivity index (χ4n) is 4.25. The van der Waals surface area contributed by atoms with Crippen molar-refractivity contribution in [1.29, 1.82) is 5.26 Å². The van der Waals surface area contributed by atoms with Crippen molar-refractivity contribution in [2.24, 2.45) is 0 Å². The van der Waals surface area contributed by atoms with Gasteiger partial charge in [-0.1, -0.05) is 30.7 Å². The second kappa shape index (κ2) is 9.22. The van der Waals surface area contributed by atoms with E-state index in [2.05, 4.69) is 62.2 Å². The van der Waals surface area contributed by atoms with E-state index in [0.29, 0.717) is 10.7 Å². The Bertz CT molecular complexity index is 1170. The minimum atomic E-state index is -0.448. The zero-order valence-corrected chi connectivity index (χ0v) is 20.4. The van der Waals surface area contributed by atoms with Gasteiger partial charge in [-0.2, -0.15) is 5.26 Å². The van der Waals surface area contributed by atoms with Crippen LogP contribution < -0.4 is 10.2 Å². The summed E-state index contributed by atoms with van der Waals surface area (Å²) in [4.78, 5) is 15.3. The average Bonchev–Trinajstić information content (AvgIpc) is 2.72. The number of carbonyl (C=O) groups excluding carboxylic acids is 1. The maximum atomic E-state index is 12.8. The maximum absolute atomic E-state index is 12.8. The molecule has 32 heavy (non-hydrogen) atoms. The lowest BCUT2D eigenvalue weighted by atomic mass is 9.86. The zero-order chi connectivity index (χ0) is 23.6. The molecule has 0 atom stereocenters. The number of allylic oxidation sites excluding steroid dienone is 1. The average molecular weight is 448 g/mol. The third-order valence-corrected chi connectivity index (χ3v) is 6.16. The van der Waals surface area contributed by atoms with E-state index < -0.39 is 5.91 Å². The number of hydrogen-bond donors (Lipinski definition) is 1. The number of benzene rings is 2. The molecular formula is C27H30ClN3O. The van der Waals surface area contributed by atoms with Gasteiger partial charge in [0.2, 0.25) is 0 Å². The molecule has 2 aromatic rings. The highest BCUT2D eigenvalue weighted by Gasteiger charge is 2.31. The molecule has 1 aliphatic heterocycles. The van der Waals surface area contributed by atoms with Gasteiger partial charge in [-0.3, -0.25) is 4.79 Å². The molecule has 0 fully saturated rings. The monoisotopic (exact) mass is 447 g/mol. The van der Waals surface area contributed by atoms with E-state index in [9.17, 15) is 10.1 Å². The van der Waals surface area contributed by atoms with E-state index in [1.165, 1.54) is 11.3 Å². The second-order valence-corrected chi connectivity index (χ2v) is 9.38. The molecule has 1 N–H and O–H groups in total. The SMILES string of the molecule is CCCN1c2cc(C)c(/C=C(\C#N)C(=O)Nc3cc(Cl)ccc3C)cc2C(C)=CC1(C)C. The minimum absolute atomic E-state index is 0.0515. The fraction of sp³-hybridized carbons (Fsp3) is 0.333. The first-order valence-electron chi connectivity index (χ1n) is 10.9. The van der Waals surface area contributed by atoms with Crippen LogP contribution in [0.2, 0.25) is 5.02 Å². The molecule has 0 spiro atoms. The third kappa shape index (κ3) is 4.74. The molecule has 3 rings (SSSR count). The lowest BCUT2D eigenvalue weighted by Crippen LogP contribution is -2.45. The first-order valence-corrected chi connectivity index (χ1v) is 11.3. The smallest absolute Gasteiger partial charge is 0.266 e. The number of rotatable bonds is 5. The van der Waals surface area contributed by atoms with Crippen LogP contribution in [0.4, 0.5) is 11.4 Å². The Morgan fingerprint density at radius 1 is 1.19 bits per heavy atom. The van der Waals surface area contributed by atoms with Crippen LogP contribution in [0.1, 0.15) is 56.4 Å². The normalized spacial score (nSPS) is 15.0. The van der Waals surface area contributed by atoms with Gasteiger partial charge >= 0.3 is 0 Å². The number of nitriles is 1. The van der Waals surface area contributed by atoms with Crippen molar-refractivity contribution in [3.63, 3.8) is 0 Å². The molecule has 1 amide bonds. The first kappa shape index (κ1) is 23.6. The van der Waals surface area contributed by atoms with Crippen molar-refractivity contribution >= 4 is 40.5 Å². The van der Waals surface area contributed by atoms with Gasteiger partial charge in [0.1, 0.15) is 11.6 Å². The molecule has 0 saturated carbocycles. The third-order valence-electron chi connectivity index (χ3n) is 5.93. The van der Waals surface area contributed by atoms with Crippen LogP contribution in [-0.2, 0) is 4.79 Å². The topological polar surface area (TPSA) is 56.1 Å². The van der Waals surface area contributed by atoms with E-state index in [1.807, 2.05) is 19.9 Å². The molecular weight excluding hydrogens is 418 g/mol. The number of hydrogen-bond acceptors (Lipinski definition) is 3. The summed E-state index contributed by atoms with van der Waals surface area (Å²) in [7, 11) is 0. The molecule has 166 valence electrons. The van der Waals surface area contributed by atoms with Gasteiger partial charge in [0, 0.05) is 28.5 Å². The van der Waals surface area contributed by atoms with Crippen molar-refractivity contribution in [1.82, 2.24) is 0 Å². The summed E-state index contributed by atoms with van der Waals surface area (Å²) in [6.07, 6.45) is 5.01. The predicted octanol–water partition coefficient (Wildman–Crippen LogP) is 6.91. The number of carbonyl (C=O) groups is 1. The van der Waals surface area contributed by atoms with Gasteiger partial charge < -0.3 is 10.2 Å². The van der Waals surface area contributed by atoms with Crippen molar-refractivity contribution in [2.45, 2.75) is 53.5 Å². The Morgan fingerprint density at radius 2 is 1.91 bits per heavy atom. The highest BCUT2D eigenvalue weighted by atomic mass is 35.5. The van der Waals surface area contributed by atoms with Crippen molar-refractivity contribution in [3.8, 4) is 6.07 Å². The van der Waals surface area contributed by atoms with Crippen molar-refractivity contribution < 1.29 is 4.79 Å². The highest BCUT2D eigenvalue weighted by Crippen LogP contribution is 2.40. The molecule has 0 aliphatic carbocycles. The molecule has 4 nitrogen and oxygen atoms in total. The van der Waals surface area contributed by atoms with Gasteiger partial charge in [-0.25, -0.2) is 0 Å². The van der Waals surface area contributed by atoms with Gasteiger partial charge in [-0.05, 0) is 93.6 Å². The number of aryl methyl sites for hydroxylation is 2. The number of nitrogens with zero attached hydrogens (tertiary/aromatic N) is 2. The van der Waals surface area contributed by atoms with Gasteiger partial charge in [-0.15, -0.1) is 0 Å². The molecule has 1 aliphatic rings. The molecule has 5 heteroatoms. The van der Waals surface area contributed by atoms with E-state index in [-0.39, 0.29) is 11.1 Å². The quantitative estimate of drug-likeness (QED) is 0.400. The Labute approximate surface area is 196 Å². The van der Waals surface area contributed by atoms with Crippen molar-refractivity contribution in [2.75, 3.05) is 16.8 Å². The Balaban J connectivity index is 2.01. The maximum Gasteiger partial charge on any atom is 0.266 e. The Hall–Kier alpha value is -3.03. The van der Waals surface area contributed by atoms with E-state index in [1.54, 1.807) is 18.2 Å². The molecule has 2 aromatic carbocycles. The van der Waals surface area contributed by atoms with E-state index in [4.69, 9.17) is 11.6 Å². The number of amides is 1. The molecule has 0 unspecified atom stereocenters. The van der Waals surface area contributed by atoms with Crippen LogP contribution in [0.3, 0.4) is 0 Å². The Kier molecular flexibility index (Phi) is 6.81. The second-order valence-electron chi connectivity index (χ2n) is 8.94. The minimum Gasteiger partial charge on any atom is -0.362 e. The van der Waals surface area contributed by atoms with Crippen LogP contribution in [0.15, 0.2) is 42.0 Å². The molecule has 0 aromatic heterocycles. The predicted molar refractivity (Wildman–Crippen MR) is 135 cm³/mol. The number of nitrogens with one attached hydrogen (secondary N) is 1. The van der Waals surface area contributed by atoms with Gasteiger partial charge in [0.25, 0.3) is 5.91 Å². The summed E-state index contributed by atoms with van der Waals surface area (Å²) >= 11 is 6.06. The standard InChI is InChI=1S/C27H30ClN3O/c1-7-10-31-25-11-18(3)20(13-23(25)19(4)15-27(31,5)6)12-21(16-29)26(32)30-24-14-22(28)9-8-17(24)2/h8-9,11-15H,7,10H2,1-6H3,(H,30,32)/b21-12+. The van der Waals surface area contributed by atoms with Crippen LogP contribution in [0.5, 0.6) is 0 Å². The van der Waals surface area contributed by atoms with Crippen molar-refractivity contribution in [3.05, 3.63) is 69.3 Å². The molecule has 1 heterocycles. The molecule has 0 radical (unpaired) electrons. The summed E-state index contributed by atoms with van der Waals surface area (Å²) in [5.74, 6) is -0.448. The summed E-state index contributed by atoms with van der Waals surface area (Å²) in [5, 5.41) is 13.0. The number of anilines is 2. The number of fused-ring (bicyclic) bond motifs is 1. The largest absolute Gasteiger partial charge is 0.362 e. The van der Waals surface area contributed by atoms with Crippen LogP contribution in [0.25, 0.3) is 11.6 Å². The van der Waals surface area contributed by atoms with Gasteiger partial charge in [0.15, 0.2) is 0 Å². The summed E-state index contributed by atoms with van der Waals surface area (Å²) in [6, 6.07) is 11.6. The van der Waals surface area contributed by atoms with E-state index >= 15 is 0 Å². The van der Waals surface area contributed by atoms with Crippen LogP contribution in [0, 0.1) is 25.2 Å². The first-order chi connectivity index (χ1) is 15.1.